The normalized spacial score (nSPS) is 10.9. The van der Waals surface area contributed by atoms with Crippen LogP contribution < -0.4 is 5.32 Å². The Hall–Kier alpha value is -3.09. The van der Waals surface area contributed by atoms with Gasteiger partial charge in [0.05, 0.1) is 11.0 Å². The Balaban J connectivity index is 1.53. The van der Waals surface area contributed by atoms with Gasteiger partial charge in [-0.2, -0.15) is 0 Å². The second-order valence-corrected chi connectivity index (χ2v) is 5.67. The van der Waals surface area contributed by atoms with Crippen molar-refractivity contribution in [1.29, 1.82) is 0 Å². The lowest BCUT2D eigenvalue weighted by molar-refractivity contribution is 0.0694. The number of aromatic nitrogens is 2. The van der Waals surface area contributed by atoms with Crippen LogP contribution in [0.3, 0.4) is 0 Å². The molecule has 130 valence electrons. The predicted octanol–water partition coefficient (Wildman–Crippen LogP) is 2.78. The number of imidazole rings is 1. The Morgan fingerprint density at radius 2 is 2.12 bits per heavy atom. The lowest BCUT2D eigenvalue weighted by Gasteiger charge is -2.02. The van der Waals surface area contributed by atoms with Gasteiger partial charge in [0.25, 0.3) is 5.91 Å². The number of fused-ring (bicyclic) bond motifs is 1. The number of aromatic carboxylic acids is 1. The van der Waals surface area contributed by atoms with Gasteiger partial charge < -0.3 is 19.8 Å². The van der Waals surface area contributed by atoms with E-state index in [4.69, 9.17) is 9.52 Å². The van der Waals surface area contributed by atoms with Crippen molar-refractivity contribution in [3.05, 3.63) is 53.2 Å². The number of carboxylic acids is 1. The number of nitrogens with one attached hydrogen (secondary N) is 2. The number of carbonyl (C=O) groups excluding carboxylic acids is 1. The van der Waals surface area contributed by atoms with Crippen LogP contribution in [0.4, 0.5) is 0 Å². The molecule has 7 heteroatoms. The number of nitrogens with zero attached hydrogens (tertiary/aromatic N) is 1. The molecular weight excluding hydrogens is 322 g/mol. The highest BCUT2D eigenvalue weighted by Crippen LogP contribution is 2.16. The monoisotopic (exact) mass is 341 g/mol. The van der Waals surface area contributed by atoms with Crippen LogP contribution in [0.2, 0.25) is 0 Å². The lowest BCUT2D eigenvalue weighted by atomic mass is 10.2. The van der Waals surface area contributed by atoms with Crippen LogP contribution in [0, 0.1) is 0 Å². The van der Waals surface area contributed by atoms with Crippen molar-refractivity contribution >= 4 is 22.9 Å². The topological polar surface area (TPSA) is 108 Å². The molecule has 0 radical (unpaired) electrons. The molecule has 3 rings (SSSR count). The molecule has 25 heavy (non-hydrogen) atoms. The SMILES string of the molecule is CCc1oc(C(=O)NCCCc2nc3ccccc3[nH]2)cc1C(=O)O. The van der Waals surface area contributed by atoms with Crippen LogP contribution in [0.5, 0.6) is 0 Å². The first-order chi connectivity index (χ1) is 12.1. The van der Waals surface area contributed by atoms with Gasteiger partial charge in [0, 0.05) is 25.5 Å². The van der Waals surface area contributed by atoms with Gasteiger partial charge in [-0.3, -0.25) is 4.79 Å². The zero-order valence-corrected chi connectivity index (χ0v) is 13.8. The molecule has 0 saturated heterocycles. The summed E-state index contributed by atoms with van der Waals surface area (Å²) < 4.78 is 5.33. The number of para-hydroxylation sites is 2. The Morgan fingerprint density at radius 1 is 1.32 bits per heavy atom. The highest BCUT2D eigenvalue weighted by atomic mass is 16.4. The van der Waals surface area contributed by atoms with E-state index in [-0.39, 0.29) is 11.3 Å². The van der Waals surface area contributed by atoms with Gasteiger partial charge in [-0.15, -0.1) is 0 Å². The summed E-state index contributed by atoms with van der Waals surface area (Å²) in [6.07, 6.45) is 1.83. The van der Waals surface area contributed by atoms with Crippen molar-refractivity contribution in [3.8, 4) is 0 Å². The summed E-state index contributed by atoms with van der Waals surface area (Å²) in [5, 5.41) is 11.8. The first-order valence-corrected chi connectivity index (χ1v) is 8.16. The molecule has 0 atom stereocenters. The molecule has 0 bridgehead atoms. The maximum Gasteiger partial charge on any atom is 0.339 e. The molecule has 3 N–H and O–H groups in total. The zero-order chi connectivity index (χ0) is 17.8. The molecule has 1 amide bonds. The summed E-state index contributed by atoms with van der Waals surface area (Å²) >= 11 is 0. The fourth-order valence-corrected chi connectivity index (χ4v) is 2.65. The van der Waals surface area contributed by atoms with Crippen LogP contribution >= 0.6 is 0 Å². The quantitative estimate of drug-likeness (QED) is 0.573. The molecule has 0 fully saturated rings. The number of rotatable bonds is 7. The van der Waals surface area contributed by atoms with Crippen molar-refractivity contribution in [2.45, 2.75) is 26.2 Å². The highest BCUT2D eigenvalue weighted by Gasteiger charge is 2.19. The van der Waals surface area contributed by atoms with E-state index in [9.17, 15) is 9.59 Å². The highest BCUT2D eigenvalue weighted by molar-refractivity contribution is 5.96. The molecule has 0 unspecified atom stereocenters. The van der Waals surface area contributed by atoms with Crippen LogP contribution in [0.15, 0.2) is 34.7 Å². The van der Waals surface area contributed by atoms with Gasteiger partial charge in [0.2, 0.25) is 0 Å². The molecule has 7 nitrogen and oxygen atoms in total. The van der Waals surface area contributed by atoms with Crippen LogP contribution in [0.1, 0.15) is 45.8 Å². The van der Waals surface area contributed by atoms with Crippen molar-refractivity contribution in [1.82, 2.24) is 15.3 Å². The Morgan fingerprint density at radius 3 is 2.80 bits per heavy atom. The van der Waals surface area contributed by atoms with Crippen LogP contribution in [0.25, 0.3) is 11.0 Å². The second-order valence-electron chi connectivity index (χ2n) is 5.67. The fraction of sp³-hybridized carbons (Fsp3) is 0.278. The summed E-state index contributed by atoms with van der Waals surface area (Å²) in [6.45, 7) is 2.22. The Labute approximate surface area is 144 Å². The molecule has 2 heterocycles. The largest absolute Gasteiger partial charge is 0.478 e. The number of carbonyl (C=O) groups is 2. The summed E-state index contributed by atoms with van der Waals surface area (Å²) in [6, 6.07) is 9.07. The Bertz CT molecular complexity index is 877. The Kier molecular flexibility index (Phi) is 4.83. The van der Waals surface area contributed by atoms with Crippen LogP contribution in [-0.4, -0.2) is 33.5 Å². The third-order valence-electron chi connectivity index (χ3n) is 3.90. The van der Waals surface area contributed by atoms with E-state index < -0.39 is 11.9 Å². The third kappa shape index (κ3) is 3.71. The minimum Gasteiger partial charge on any atom is -0.478 e. The predicted molar refractivity (Wildman–Crippen MR) is 91.8 cm³/mol. The van der Waals surface area contributed by atoms with Gasteiger partial charge >= 0.3 is 5.97 Å². The van der Waals surface area contributed by atoms with Gasteiger partial charge in [-0.25, -0.2) is 9.78 Å². The number of aryl methyl sites for hydroxylation is 2. The zero-order valence-electron chi connectivity index (χ0n) is 13.8. The average molecular weight is 341 g/mol. The van der Waals surface area contributed by atoms with Gasteiger partial charge in [0.15, 0.2) is 5.76 Å². The molecule has 0 aliphatic rings. The molecule has 0 aliphatic carbocycles. The summed E-state index contributed by atoms with van der Waals surface area (Å²) in [7, 11) is 0. The number of amides is 1. The minimum absolute atomic E-state index is 0.0259. The second kappa shape index (κ2) is 7.21. The number of hydrogen-bond acceptors (Lipinski definition) is 4. The van der Waals surface area contributed by atoms with Crippen molar-refractivity contribution < 1.29 is 19.1 Å². The summed E-state index contributed by atoms with van der Waals surface area (Å²) in [4.78, 5) is 30.9. The number of H-pyrrole nitrogens is 1. The van der Waals surface area contributed by atoms with E-state index in [1.54, 1.807) is 6.92 Å². The van der Waals surface area contributed by atoms with Crippen molar-refractivity contribution in [3.63, 3.8) is 0 Å². The molecule has 0 aliphatic heterocycles. The van der Waals surface area contributed by atoms with Crippen molar-refractivity contribution in [2.24, 2.45) is 0 Å². The molecule has 0 saturated carbocycles. The smallest absolute Gasteiger partial charge is 0.339 e. The van der Waals surface area contributed by atoms with Crippen LogP contribution in [-0.2, 0) is 12.8 Å². The average Bonchev–Trinajstić information content (AvgIpc) is 3.22. The van der Waals surface area contributed by atoms with E-state index >= 15 is 0 Å². The van der Waals surface area contributed by atoms with Crippen molar-refractivity contribution in [2.75, 3.05) is 6.54 Å². The fourth-order valence-electron chi connectivity index (χ4n) is 2.65. The summed E-state index contributed by atoms with van der Waals surface area (Å²) in [5.41, 5.74) is 1.95. The number of benzene rings is 1. The summed E-state index contributed by atoms with van der Waals surface area (Å²) in [5.74, 6) is -0.302. The van der Waals surface area contributed by atoms with Gasteiger partial charge in [-0.1, -0.05) is 19.1 Å². The number of hydrogen-bond donors (Lipinski definition) is 3. The van der Waals surface area contributed by atoms with E-state index in [0.717, 1.165) is 16.9 Å². The molecular formula is C18H19N3O4. The number of aromatic amines is 1. The molecule has 1 aromatic carbocycles. The standard InChI is InChI=1S/C18H19N3O4/c1-2-14-11(18(23)24)10-15(25-14)17(22)19-9-5-8-16-20-12-6-3-4-7-13(12)21-16/h3-4,6-7,10H,2,5,8-9H2,1H3,(H,19,22)(H,20,21)(H,23,24). The third-order valence-corrected chi connectivity index (χ3v) is 3.90. The lowest BCUT2D eigenvalue weighted by Crippen LogP contribution is -2.24. The maximum absolute atomic E-state index is 12.1. The van der Waals surface area contributed by atoms with Gasteiger partial charge in [-0.05, 0) is 18.6 Å². The van der Waals surface area contributed by atoms with E-state index in [1.807, 2.05) is 24.3 Å². The maximum atomic E-state index is 12.1. The first-order valence-electron chi connectivity index (χ1n) is 8.16. The number of furan rings is 1. The molecule has 3 aromatic rings. The minimum atomic E-state index is -1.09. The molecule has 2 aromatic heterocycles. The number of carboxylic acid groups (broad SMARTS) is 1. The first kappa shape index (κ1) is 16.8. The van der Waals surface area contributed by atoms with E-state index in [2.05, 4.69) is 15.3 Å². The van der Waals surface area contributed by atoms with Gasteiger partial charge in [0.1, 0.15) is 17.1 Å². The van der Waals surface area contributed by atoms with E-state index in [1.165, 1.54) is 6.07 Å². The molecule has 0 spiro atoms. The van der Waals surface area contributed by atoms with E-state index in [0.29, 0.717) is 31.6 Å².